The van der Waals surface area contributed by atoms with E-state index in [-0.39, 0.29) is 18.4 Å². The number of likely N-dealkylation sites (N-methyl/N-ethyl adjacent to an activating group) is 1. The van der Waals surface area contributed by atoms with Crippen LogP contribution in [0, 0.1) is 25.2 Å². The molecule has 0 saturated carbocycles. The summed E-state index contributed by atoms with van der Waals surface area (Å²) in [5, 5.41) is 12.6. The zero-order valence-corrected chi connectivity index (χ0v) is 29.9. The number of anilines is 2. The van der Waals surface area contributed by atoms with E-state index in [0.29, 0.717) is 44.7 Å². The molecule has 2 fully saturated rings. The summed E-state index contributed by atoms with van der Waals surface area (Å²) in [6.45, 7) is 12.5. The van der Waals surface area contributed by atoms with Crippen LogP contribution in [0.3, 0.4) is 0 Å². The standard InChI is InChI=1S/C40H44ClN7O2/c1-5-35(49)48-22-21-47(23-29(48)14-17-42)39-31-16-20-46(34-13-7-10-28-9-6-12-33(41)37(28)34)24-32(31)38(36-26(2)15-18-43-27(36)3)40(44-39)50-25-30-11-8-19-45(30)4/h5-7,9-10,12-13,15,18,29-30H,1,8,11,14,16,19-25H2,2-4H3/t29-,30-/m0/s1. The number of ether oxygens (including phenoxy) is 1. The van der Waals surface area contributed by atoms with Crippen molar-refractivity contribution in [1.29, 1.82) is 5.26 Å². The van der Waals surface area contributed by atoms with E-state index < -0.39 is 0 Å². The molecule has 2 atom stereocenters. The van der Waals surface area contributed by atoms with Gasteiger partial charge in [-0.3, -0.25) is 9.78 Å². The van der Waals surface area contributed by atoms with Crippen LogP contribution in [0.4, 0.5) is 11.5 Å². The van der Waals surface area contributed by atoms with Gasteiger partial charge in [0.05, 0.1) is 29.1 Å². The molecule has 0 aliphatic carbocycles. The molecule has 10 heteroatoms. The number of carbonyl (C=O) groups is 1. The molecular weight excluding hydrogens is 646 g/mol. The molecule has 2 aromatic heterocycles. The van der Waals surface area contributed by atoms with E-state index in [1.165, 1.54) is 17.2 Å². The van der Waals surface area contributed by atoms with Crippen molar-refractivity contribution >= 4 is 39.8 Å². The third kappa shape index (κ3) is 6.27. The lowest BCUT2D eigenvalue weighted by Crippen LogP contribution is -2.55. The molecule has 0 radical (unpaired) electrons. The first kappa shape index (κ1) is 33.8. The molecule has 5 heterocycles. The third-order valence-electron chi connectivity index (χ3n) is 10.8. The van der Waals surface area contributed by atoms with Gasteiger partial charge in [-0.1, -0.05) is 42.4 Å². The minimum Gasteiger partial charge on any atom is -0.475 e. The minimum atomic E-state index is -0.270. The Labute approximate surface area is 299 Å². The summed E-state index contributed by atoms with van der Waals surface area (Å²) in [5.74, 6) is 1.34. The molecule has 4 aromatic rings. The summed E-state index contributed by atoms with van der Waals surface area (Å²) in [5.41, 5.74) is 7.55. The number of aryl methyl sites for hydroxylation is 2. The van der Waals surface area contributed by atoms with Gasteiger partial charge in [0.15, 0.2) is 0 Å². The van der Waals surface area contributed by atoms with Gasteiger partial charge >= 0.3 is 0 Å². The maximum atomic E-state index is 12.8. The lowest BCUT2D eigenvalue weighted by molar-refractivity contribution is -0.128. The van der Waals surface area contributed by atoms with Crippen LogP contribution in [0.5, 0.6) is 5.88 Å². The van der Waals surface area contributed by atoms with Crippen LogP contribution in [-0.2, 0) is 17.8 Å². The van der Waals surface area contributed by atoms with Crippen molar-refractivity contribution in [2.24, 2.45) is 0 Å². The number of hydrogen-bond acceptors (Lipinski definition) is 8. The minimum absolute atomic E-state index is 0.146. The maximum absolute atomic E-state index is 12.8. The van der Waals surface area contributed by atoms with Crippen LogP contribution in [0.15, 0.2) is 61.3 Å². The van der Waals surface area contributed by atoms with Gasteiger partial charge in [-0.05, 0) is 87.5 Å². The highest BCUT2D eigenvalue weighted by molar-refractivity contribution is 6.36. The van der Waals surface area contributed by atoms with Crippen LogP contribution in [0.25, 0.3) is 21.9 Å². The fraction of sp³-hybridized carbons (Fsp3) is 0.400. The van der Waals surface area contributed by atoms with Crippen LogP contribution in [0.1, 0.15) is 41.6 Å². The molecule has 258 valence electrons. The molecule has 3 aliphatic heterocycles. The highest BCUT2D eigenvalue weighted by atomic mass is 35.5. The maximum Gasteiger partial charge on any atom is 0.246 e. The summed E-state index contributed by atoms with van der Waals surface area (Å²) in [4.78, 5) is 31.8. The van der Waals surface area contributed by atoms with E-state index >= 15 is 0 Å². The zero-order valence-electron chi connectivity index (χ0n) is 29.2. The number of aromatic nitrogens is 2. The lowest BCUT2D eigenvalue weighted by Gasteiger charge is -2.43. The van der Waals surface area contributed by atoms with Crippen molar-refractivity contribution in [3.8, 4) is 23.1 Å². The summed E-state index contributed by atoms with van der Waals surface area (Å²) >= 11 is 6.87. The number of piperazine rings is 1. The van der Waals surface area contributed by atoms with E-state index in [9.17, 15) is 10.1 Å². The summed E-state index contributed by atoms with van der Waals surface area (Å²) < 4.78 is 6.86. The number of rotatable bonds is 8. The van der Waals surface area contributed by atoms with Gasteiger partial charge in [0, 0.05) is 72.9 Å². The number of nitrogens with zero attached hydrogens (tertiary/aromatic N) is 7. The van der Waals surface area contributed by atoms with E-state index in [1.54, 1.807) is 4.90 Å². The Hall–Kier alpha value is -4.65. The molecule has 9 nitrogen and oxygen atoms in total. The highest BCUT2D eigenvalue weighted by Gasteiger charge is 2.36. The second kappa shape index (κ2) is 14.3. The predicted octanol–water partition coefficient (Wildman–Crippen LogP) is 6.72. The first-order valence-corrected chi connectivity index (χ1v) is 17.9. The fourth-order valence-electron chi connectivity index (χ4n) is 8.13. The second-order valence-electron chi connectivity index (χ2n) is 13.7. The van der Waals surface area contributed by atoms with Crippen molar-refractivity contribution in [2.75, 3.05) is 56.2 Å². The number of likely N-dealkylation sites (tertiary alicyclic amines) is 1. The van der Waals surface area contributed by atoms with Gasteiger partial charge < -0.3 is 24.3 Å². The molecule has 0 spiro atoms. The summed E-state index contributed by atoms with van der Waals surface area (Å²) in [6, 6.07) is 16.8. The molecule has 3 aliphatic rings. The Morgan fingerprint density at radius 3 is 2.62 bits per heavy atom. The highest BCUT2D eigenvalue weighted by Crippen LogP contribution is 2.45. The number of benzene rings is 2. The Morgan fingerprint density at radius 2 is 1.88 bits per heavy atom. The van der Waals surface area contributed by atoms with E-state index in [0.717, 1.165) is 82.0 Å². The number of carbonyl (C=O) groups excluding carboxylic acids is 1. The number of nitriles is 1. The Bertz CT molecular complexity index is 1970. The summed E-state index contributed by atoms with van der Waals surface area (Å²) in [7, 11) is 2.16. The largest absolute Gasteiger partial charge is 0.475 e. The van der Waals surface area contributed by atoms with Crippen LogP contribution >= 0.6 is 11.6 Å². The average Bonchev–Trinajstić information content (AvgIpc) is 3.54. The number of pyridine rings is 2. The SMILES string of the molecule is C=CC(=O)N1CCN(c2nc(OC[C@@H]3CCCN3C)c(-c3c(C)ccnc3C)c3c2CCN(c2cccc4cccc(Cl)c24)C3)C[C@@H]1CC#N. The van der Waals surface area contributed by atoms with Crippen LogP contribution in [-0.4, -0.2) is 84.1 Å². The van der Waals surface area contributed by atoms with Crippen molar-refractivity contribution in [1.82, 2.24) is 19.8 Å². The summed E-state index contributed by atoms with van der Waals surface area (Å²) in [6.07, 6.45) is 6.42. The lowest BCUT2D eigenvalue weighted by atomic mass is 9.88. The van der Waals surface area contributed by atoms with E-state index in [2.05, 4.69) is 78.6 Å². The normalized spacial score (nSPS) is 19.4. The van der Waals surface area contributed by atoms with Gasteiger partial charge in [-0.15, -0.1) is 0 Å². The van der Waals surface area contributed by atoms with E-state index in [1.807, 2.05) is 18.3 Å². The molecule has 0 N–H and O–H groups in total. The topological polar surface area (TPSA) is 88.8 Å². The molecule has 0 bridgehead atoms. The number of halogens is 1. The van der Waals surface area contributed by atoms with Crippen molar-refractivity contribution in [2.45, 2.75) is 58.2 Å². The molecule has 2 aromatic carbocycles. The third-order valence-corrected chi connectivity index (χ3v) is 11.1. The zero-order chi connectivity index (χ0) is 34.9. The molecule has 1 amide bonds. The fourth-order valence-corrected chi connectivity index (χ4v) is 8.41. The number of fused-ring (bicyclic) bond motifs is 2. The van der Waals surface area contributed by atoms with Crippen molar-refractivity contribution in [3.63, 3.8) is 0 Å². The number of amides is 1. The van der Waals surface area contributed by atoms with Gasteiger partial charge in [0.1, 0.15) is 12.4 Å². The molecule has 50 heavy (non-hydrogen) atoms. The Kier molecular flexibility index (Phi) is 9.67. The smallest absolute Gasteiger partial charge is 0.246 e. The quantitative estimate of drug-likeness (QED) is 0.189. The molecule has 2 saturated heterocycles. The predicted molar refractivity (Wildman–Crippen MR) is 200 cm³/mol. The van der Waals surface area contributed by atoms with Gasteiger partial charge in [-0.2, -0.15) is 10.2 Å². The first-order chi connectivity index (χ1) is 24.3. The molecule has 0 unspecified atom stereocenters. The second-order valence-corrected chi connectivity index (χ2v) is 14.1. The molecule has 7 rings (SSSR count). The van der Waals surface area contributed by atoms with Gasteiger partial charge in [0.2, 0.25) is 11.8 Å². The Morgan fingerprint density at radius 1 is 1.06 bits per heavy atom. The number of hydrogen-bond donors (Lipinski definition) is 0. The average molecular weight is 690 g/mol. The van der Waals surface area contributed by atoms with Crippen molar-refractivity contribution < 1.29 is 9.53 Å². The monoisotopic (exact) mass is 689 g/mol. The van der Waals surface area contributed by atoms with Crippen LogP contribution in [0.2, 0.25) is 5.02 Å². The van der Waals surface area contributed by atoms with Crippen molar-refractivity contribution in [3.05, 3.63) is 88.7 Å². The first-order valence-electron chi connectivity index (χ1n) is 17.6. The van der Waals surface area contributed by atoms with E-state index in [4.69, 9.17) is 26.3 Å². The molecular formula is C40H44ClN7O2. The Balaban J connectivity index is 1.40. The van der Waals surface area contributed by atoms with Gasteiger partial charge in [-0.25, -0.2) is 0 Å². The van der Waals surface area contributed by atoms with Crippen LogP contribution < -0.4 is 14.5 Å². The van der Waals surface area contributed by atoms with Gasteiger partial charge in [0.25, 0.3) is 0 Å².